The lowest BCUT2D eigenvalue weighted by Gasteiger charge is -2.36. The van der Waals surface area contributed by atoms with Crippen LogP contribution in [0.15, 0.2) is 0 Å². The Morgan fingerprint density at radius 3 is 1.30 bits per heavy atom. The summed E-state index contributed by atoms with van der Waals surface area (Å²) in [5.41, 5.74) is 0.708. The fourth-order valence-electron chi connectivity index (χ4n) is 0.706. The van der Waals surface area contributed by atoms with Gasteiger partial charge in [-0.05, 0) is 13.1 Å². The molecule has 1 nitrogen and oxygen atoms in total. The van der Waals surface area contributed by atoms with Crippen molar-refractivity contribution in [1.82, 2.24) is 0 Å². The minimum atomic E-state index is -1.81. The Hall–Kier alpha value is 0.394. The summed E-state index contributed by atoms with van der Waals surface area (Å²) >= 11 is 0. The average molecular weight is 176 g/mol. The van der Waals surface area contributed by atoms with Crippen molar-refractivity contribution in [2.24, 2.45) is 0 Å². The van der Waals surface area contributed by atoms with Gasteiger partial charge < -0.3 is 4.80 Å². The molecule has 0 saturated heterocycles. The van der Waals surface area contributed by atoms with Crippen molar-refractivity contribution < 1.29 is 4.80 Å². The third-order valence-corrected chi connectivity index (χ3v) is 20.3. The monoisotopic (exact) mass is 176 g/mol. The largest absolute Gasteiger partial charge is 0.435 e. The second-order valence-electron chi connectivity index (χ2n) is 4.44. The van der Waals surface area contributed by atoms with Gasteiger partial charge in [0.1, 0.15) is 0 Å². The molecule has 0 rings (SSSR count). The van der Waals surface area contributed by atoms with Gasteiger partial charge in [-0.15, -0.1) is 0 Å². The highest BCUT2D eigenvalue weighted by Gasteiger charge is 2.42. The normalized spacial score (nSPS) is 14.4. The number of hydrogen-bond donors (Lipinski definition) is 1. The van der Waals surface area contributed by atoms with Gasteiger partial charge >= 0.3 is 0 Å². The lowest BCUT2D eigenvalue weighted by Crippen LogP contribution is -2.56. The summed E-state index contributed by atoms with van der Waals surface area (Å²) in [6.07, 6.45) is 0. The van der Waals surface area contributed by atoms with Crippen LogP contribution in [0.2, 0.25) is 31.7 Å². The van der Waals surface area contributed by atoms with E-state index in [1.165, 1.54) is 0 Å². The molecule has 1 N–H and O–H groups in total. The summed E-state index contributed by atoms with van der Waals surface area (Å²) < 4.78 is 0. The highest BCUT2D eigenvalue weighted by atomic mass is 29.3. The molecule has 10 heavy (non-hydrogen) atoms. The lowest BCUT2D eigenvalue weighted by atomic mass is 10.6. The van der Waals surface area contributed by atoms with Crippen molar-refractivity contribution in [2.45, 2.75) is 45.6 Å². The van der Waals surface area contributed by atoms with Gasteiger partial charge in [0.15, 0.2) is 7.83 Å². The van der Waals surface area contributed by atoms with Gasteiger partial charge in [0.05, 0.1) is 7.59 Å². The van der Waals surface area contributed by atoms with Gasteiger partial charge in [0.2, 0.25) is 0 Å². The van der Waals surface area contributed by atoms with Gasteiger partial charge in [0.25, 0.3) is 0 Å². The van der Waals surface area contributed by atoms with E-state index in [2.05, 4.69) is 40.0 Å². The predicted octanol–water partition coefficient (Wildman–Crippen LogP) is 2.38. The first-order valence-electron chi connectivity index (χ1n) is 3.92. The van der Waals surface area contributed by atoms with E-state index < -0.39 is 15.4 Å². The Bertz CT molecular complexity index is 113. The van der Waals surface area contributed by atoms with E-state index in [9.17, 15) is 4.80 Å². The van der Waals surface area contributed by atoms with E-state index in [0.29, 0.717) is 5.54 Å². The predicted molar refractivity (Wildman–Crippen MR) is 52.3 cm³/mol. The van der Waals surface area contributed by atoms with Crippen molar-refractivity contribution in [3.8, 4) is 0 Å². The van der Waals surface area contributed by atoms with Crippen molar-refractivity contribution in [2.75, 3.05) is 0 Å². The molecule has 0 aromatic carbocycles. The van der Waals surface area contributed by atoms with Crippen LogP contribution in [0, 0.1) is 0 Å². The minimum absolute atomic E-state index is 0.708. The van der Waals surface area contributed by atoms with Crippen LogP contribution in [0.4, 0.5) is 0 Å². The van der Waals surface area contributed by atoms with Crippen molar-refractivity contribution in [3.05, 3.63) is 0 Å². The van der Waals surface area contributed by atoms with Crippen LogP contribution in [-0.4, -0.2) is 20.2 Å². The maximum absolute atomic E-state index is 9.92. The zero-order valence-electron chi connectivity index (χ0n) is 8.02. The molecule has 0 fully saturated rings. The Kier molecular flexibility index (Phi) is 2.90. The van der Waals surface area contributed by atoms with Crippen LogP contribution in [0.1, 0.15) is 13.8 Å². The first kappa shape index (κ1) is 10.4. The third-order valence-electron chi connectivity index (χ3n) is 3.02. The first-order chi connectivity index (χ1) is 4.19. The Morgan fingerprint density at radius 2 is 1.30 bits per heavy atom. The molecule has 0 saturated carbocycles. The van der Waals surface area contributed by atoms with Gasteiger partial charge in [-0.25, -0.2) is 0 Å². The molecule has 0 unspecified atom stereocenters. The van der Waals surface area contributed by atoms with E-state index in [1.807, 2.05) is 0 Å². The molecule has 62 valence electrons. The van der Waals surface area contributed by atoms with Crippen LogP contribution >= 0.6 is 0 Å². The van der Waals surface area contributed by atoms with E-state index in [-0.39, 0.29) is 0 Å². The fourth-order valence-corrected chi connectivity index (χ4v) is 6.36. The van der Waals surface area contributed by atoms with Crippen LogP contribution in [0.5, 0.6) is 0 Å². The molecule has 0 amide bonds. The van der Waals surface area contributed by atoms with Gasteiger partial charge in [-0.1, -0.05) is 32.5 Å². The smallest absolute Gasteiger partial charge is 0.169 e. The molecular weight excluding hydrogens is 156 g/mol. The summed E-state index contributed by atoms with van der Waals surface area (Å²) in [5.74, 6) is 0. The molecule has 0 radical (unpaired) electrons. The molecule has 0 aliphatic carbocycles. The number of hydrogen-bond acceptors (Lipinski definition) is 1. The molecule has 3 heteroatoms. The quantitative estimate of drug-likeness (QED) is 0.641. The molecule has 0 atom stereocenters. The molecular formula is C7H20OSi2. The lowest BCUT2D eigenvalue weighted by molar-refractivity contribution is 0.571. The van der Waals surface area contributed by atoms with Crippen LogP contribution < -0.4 is 0 Å². The van der Waals surface area contributed by atoms with Crippen LogP contribution in [-0.2, 0) is 0 Å². The second kappa shape index (κ2) is 2.79. The SMILES string of the molecule is CC(C)[Si](C)(C)[Si](C)(C)O. The van der Waals surface area contributed by atoms with Gasteiger partial charge in [-0.3, -0.25) is 0 Å². The van der Waals surface area contributed by atoms with Gasteiger partial charge in [0, 0.05) is 0 Å². The van der Waals surface area contributed by atoms with Crippen LogP contribution in [0.25, 0.3) is 0 Å². The van der Waals surface area contributed by atoms with Crippen molar-refractivity contribution >= 4 is 15.4 Å². The van der Waals surface area contributed by atoms with E-state index in [4.69, 9.17) is 0 Å². The van der Waals surface area contributed by atoms with Crippen LogP contribution in [0.3, 0.4) is 0 Å². The standard InChI is InChI=1S/C7H20OSi2/c1-7(2)9(3,4)10(5,6)8/h7-8H,1-6H3. The Morgan fingerprint density at radius 1 is 1.00 bits per heavy atom. The first-order valence-corrected chi connectivity index (χ1v) is 10.9. The molecule has 0 aromatic rings. The summed E-state index contributed by atoms with van der Waals surface area (Å²) in [5, 5.41) is 0. The summed E-state index contributed by atoms with van der Waals surface area (Å²) in [7, 11) is -3.10. The molecule has 0 aliphatic heterocycles. The zero-order valence-corrected chi connectivity index (χ0v) is 10.0. The van der Waals surface area contributed by atoms with E-state index in [1.54, 1.807) is 0 Å². The molecule has 0 spiro atoms. The topological polar surface area (TPSA) is 20.2 Å². The highest BCUT2D eigenvalue weighted by molar-refractivity contribution is 7.38. The number of rotatable bonds is 2. The summed E-state index contributed by atoms with van der Waals surface area (Å²) in [6.45, 7) is 13.2. The molecule has 0 heterocycles. The van der Waals surface area contributed by atoms with E-state index >= 15 is 0 Å². The molecule has 0 aliphatic rings. The van der Waals surface area contributed by atoms with Crippen molar-refractivity contribution in [1.29, 1.82) is 0 Å². The molecule has 0 aromatic heterocycles. The van der Waals surface area contributed by atoms with Gasteiger partial charge in [-0.2, -0.15) is 0 Å². The summed E-state index contributed by atoms with van der Waals surface area (Å²) in [6, 6.07) is 0. The zero-order chi connectivity index (χ0) is 8.58. The summed E-state index contributed by atoms with van der Waals surface area (Å²) in [4.78, 5) is 9.92. The maximum Gasteiger partial charge on any atom is 0.169 e. The fraction of sp³-hybridized carbons (Fsp3) is 1.00. The van der Waals surface area contributed by atoms with E-state index in [0.717, 1.165) is 0 Å². The van der Waals surface area contributed by atoms with Crippen molar-refractivity contribution in [3.63, 3.8) is 0 Å². The average Bonchev–Trinajstić information content (AvgIpc) is 1.62. The highest BCUT2D eigenvalue weighted by Crippen LogP contribution is 2.27. The Balaban J connectivity index is 4.40. The molecule has 0 bridgehead atoms. The maximum atomic E-state index is 9.92. The second-order valence-corrected chi connectivity index (χ2v) is 19.7. The minimum Gasteiger partial charge on any atom is -0.435 e. The Labute approximate surface area is 66.4 Å². The third kappa shape index (κ3) is 1.94.